The van der Waals surface area contributed by atoms with E-state index in [9.17, 15) is 5.11 Å². The molecule has 2 aliphatic heterocycles. The van der Waals surface area contributed by atoms with Gasteiger partial charge in [0, 0.05) is 18.8 Å². The highest BCUT2D eigenvalue weighted by molar-refractivity contribution is 5.27. The largest absolute Gasteiger partial charge is 0.387 e. The van der Waals surface area contributed by atoms with E-state index in [2.05, 4.69) is 10.6 Å². The first kappa shape index (κ1) is 12.3. The number of dihydropyridines is 1. The summed E-state index contributed by atoms with van der Waals surface area (Å²) in [6, 6.07) is 0.246. The van der Waals surface area contributed by atoms with Gasteiger partial charge < -0.3 is 15.7 Å². The molecule has 2 rings (SSSR count). The second kappa shape index (κ2) is 6.64. The van der Waals surface area contributed by atoms with Crippen LogP contribution in [0.5, 0.6) is 0 Å². The summed E-state index contributed by atoms with van der Waals surface area (Å²) in [7, 11) is 0. The van der Waals surface area contributed by atoms with E-state index in [1.807, 2.05) is 32.2 Å². The molecule has 0 saturated carbocycles. The molecule has 3 nitrogen and oxygen atoms in total. The van der Waals surface area contributed by atoms with Gasteiger partial charge in [-0.05, 0) is 25.0 Å². The summed E-state index contributed by atoms with van der Waals surface area (Å²) in [5.74, 6) is 0. The summed E-state index contributed by atoms with van der Waals surface area (Å²) in [4.78, 5) is 0. The fraction of sp³-hybridized carbons (Fsp3) is 0.667. The smallest absolute Gasteiger partial charge is 0.0956 e. The number of nitrogens with one attached hydrogen (secondary N) is 2. The minimum absolute atomic E-state index is 0.246. The molecule has 2 heterocycles. The van der Waals surface area contributed by atoms with E-state index in [0.717, 1.165) is 25.1 Å². The fourth-order valence-electron chi connectivity index (χ4n) is 1.89. The standard InChI is InChI=1S/C10H16N2O.C2H6/c13-10(9-4-2-6-12-9)8-3-1-5-11-7-8;1-2/h1,3,7,9-13H,2,4-6H2;1-2H3/t9-,10+;/m0./s1. The van der Waals surface area contributed by atoms with Crippen molar-refractivity contribution in [2.75, 3.05) is 13.1 Å². The van der Waals surface area contributed by atoms with Gasteiger partial charge in [-0.2, -0.15) is 0 Å². The van der Waals surface area contributed by atoms with Crippen molar-refractivity contribution in [1.82, 2.24) is 10.6 Å². The third kappa shape index (κ3) is 3.36. The first-order valence-corrected chi connectivity index (χ1v) is 5.89. The van der Waals surface area contributed by atoms with Crippen LogP contribution in [0.2, 0.25) is 0 Å². The fourth-order valence-corrected chi connectivity index (χ4v) is 1.89. The topological polar surface area (TPSA) is 44.3 Å². The van der Waals surface area contributed by atoms with Gasteiger partial charge in [-0.3, -0.25) is 0 Å². The molecule has 0 aromatic heterocycles. The summed E-state index contributed by atoms with van der Waals surface area (Å²) in [6.07, 6.45) is 7.84. The summed E-state index contributed by atoms with van der Waals surface area (Å²) < 4.78 is 0. The molecule has 0 aromatic rings. The van der Waals surface area contributed by atoms with Crippen LogP contribution in [-0.2, 0) is 0 Å². The van der Waals surface area contributed by atoms with E-state index in [4.69, 9.17) is 0 Å². The van der Waals surface area contributed by atoms with E-state index in [0.29, 0.717) is 0 Å². The maximum atomic E-state index is 9.95. The molecule has 15 heavy (non-hydrogen) atoms. The zero-order valence-electron chi connectivity index (χ0n) is 9.66. The van der Waals surface area contributed by atoms with Gasteiger partial charge in [-0.25, -0.2) is 0 Å². The van der Waals surface area contributed by atoms with E-state index in [-0.39, 0.29) is 12.1 Å². The minimum Gasteiger partial charge on any atom is -0.387 e. The molecule has 0 spiro atoms. The predicted octanol–water partition coefficient (Wildman–Crippen LogP) is 1.17. The molecule has 3 N–H and O–H groups in total. The maximum absolute atomic E-state index is 9.95. The van der Waals surface area contributed by atoms with Crippen molar-refractivity contribution in [2.24, 2.45) is 0 Å². The summed E-state index contributed by atoms with van der Waals surface area (Å²) >= 11 is 0. The second-order valence-corrected chi connectivity index (χ2v) is 3.60. The summed E-state index contributed by atoms with van der Waals surface area (Å²) in [5, 5.41) is 16.4. The first-order valence-electron chi connectivity index (χ1n) is 5.89. The lowest BCUT2D eigenvalue weighted by Gasteiger charge is -2.21. The molecular weight excluding hydrogens is 188 g/mol. The van der Waals surface area contributed by atoms with Crippen LogP contribution in [0.3, 0.4) is 0 Å². The summed E-state index contributed by atoms with van der Waals surface area (Å²) in [5.41, 5.74) is 0.991. The molecular formula is C12H22N2O. The predicted molar refractivity (Wildman–Crippen MR) is 63.6 cm³/mol. The van der Waals surface area contributed by atoms with Crippen LogP contribution in [0.25, 0.3) is 0 Å². The van der Waals surface area contributed by atoms with Crippen molar-refractivity contribution >= 4 is 0 Å². The monoisotopic (exact) mass is 210 g/mol. The van der Waals surface area contributed by atoms with Crippen LogP contribution >= 0.6 is 0 Å². The minimum atomic E-state index is -0.355. The highest BCUT2D eigenvalue weighted by Crippen LogP contribution is 2.16. The van der Waals surface area contributed by atoms with Crippen molar-refractivity contribution in [3.05, 3.63) is 23.9 Å². The van der Waals surface area contributed by atoms with Gasteiger partial charge in [0.2, 0.25) is 0 Å². The molecule has 3 heteroatoms. The molecule has 86 valence electrons. The number of rotatable bonds is 2. The molecule has 2 aliphatic rings. The van der Waals surface area contributed by atoms with Crippen LogP contribution in [0.15, 0.2) is 23.9 Å². The SMILES string of the molecule is CC.O[C@H](C1=CNCC=C1)[C@@H]1CCCN1. The van der Waals surface area contributed by atoms with E-state index in [1.165, 1.54) is 6.42 Å². The van der Waals surface area contributed by atoms with Gasteiger partial charge >= 0.3 is 0 Å². The Morgan fingerprint density at radius 3 is 2.80 bits per heavy atom. The molecule has 0 aromatic carbocycles. The van der Waals surface area contributed by atoms with E-state index >= 15 is 0 Å². The Morgan fingerprint density at radius 1 is 1.47 bits per heavy atom. The number of aliphatic hydroxyl groups is 1. The van der Waals surface area contributed by atoms with Gasteiger partial charge in [-0.1, -0.05) is 26.0 Å². The van der Waals surface area contributed by atoms with Gasteiger partial charge in [0.1, 0.15) is 0 Å². The average Bonchev–Trinajstić information content (AvgIpc) is 2.85. The Labute approximate surface area is 92.3 Å². The lowest BCUT2D eigenvalue weighted by molar-refractivity contribution is 0.172. The Balaban J connectivity index is 0.000000531. The van der Waals surface area contributed by atoms with Crippen LogP contribution in [0, 0.1) is 0 Å². The second-order valence-electron chi connectivity index (χ2n) is 3.60. The van der Waals surface area contributed by atoms with E-state index < -0.39 is 0 Å². The van der Waals surface area contributed by atoms with Crippen LogP contribution in [-0.4, -0.2) is 30.3 Å². The zero-order chi connectivity index (χ0) is 11.1. The van der Waals surface area contributed by atoms with Crippen molar-refractivity contribution in [1.29, 1.82) is 0 Å². The normalized spacial score (nSPS) is 26.1. The van der Waals surface area contributed by atoms with Gasteiger partial charge in [0.15, 0.2) is 0 Å². The maximum Gasteiger partial charge on any atom is 0.0956 e. The summed E-state index contributed by atoms with van der Waals surface area (Å²) in [6.45, 7) is 5.90. The Hall–Kier alpha value is -0.800. The lowest BCUT2D eigenvalue weighted by atomic mass is 10.0. The molecule has 0 amide bonds. The van der Waals surface area contributed by atoms with Gasteiger partial charge in [0.05, 0.1) is 6.10 Å². The zero-order valence-corrected chi connectivity index (χ0v) is 9.66. The molecule has 1 fully saturated rings. The molecule has 0 aliphatic carbocycles. The third-order valence-electron chi connectivity index (χ3n) is 2.64. The van der Waals surface area contributed by atoms with Gasteiger partial charge in [-0.15, -0.1) is 0 Å². The van der Waals surface area contributed by atoms with Gasteiger partial charge in [0.25, 0.3) is 0 Å². The molecule has 0 bridgehead atoms. The average molecular weight is 210 g/mol. The Morgan fingerprint density at radius 2 is 2.27 bits per heavy atom. The first-order chi connectivity index (χ1) is 7.38. The van der Waals surface area contributed by atoms with Crippen molar-refractivity contribution in [2.45, 2.75) is 38.8 Å². The number of hydrogen-bond donors (Lipinski definition) is 3. The highest BCUT2D eigenvalue weighted by atomic mass is 16.3. The molecule has 1 saturated heterocycles. The Bertz CT molecular complexity index is 230. The van der Waals surface area contributed by atoms with Crippen LogP contribution in [0.4, 0.5) is 0 Å². The molecule has 0 unspecified atom stereocenters. The van der Waals surface area contributed by atoms with Crippen LogP contribution < -0.4 is 10.6 Å². The lowest BCUT2D eigenvalue weighted by Crippen LogP contribution is -2.36. The number of aliphatic hydroxyl groups excluding tert-OH is 1. The van der Waals surface area contributed by atoms with Crippen molar-refractivity contribution in [3.8, 4) is 0 Å². The third-order valence-corrected chi connectivity index (χ3v) is 2.64. The van der Waals surface area contributed by atoms with Crippen molar-refractivity contribution in [3.63, 3.8) is 0 Å². The Kier molecular flexibility index (Phi) is 5.43. The van der Waals surface area contributed by atoms with Crippen LogP contribution in [0.1, 0.15) is 26.7 Å². The van der Waals surface area contributed by atoms with E-state index in [1.54, 1.807) is 0 Å². The highest BCUT2D eigenvalue weighted by Gasteiger charge is 2.24. The van der Waals surface area contributed by atoms with Crippen molar-refractivity contribution < 1.29 is 5.11 Å². The molecule has 2 atom stereocenters. The quantitative estimate of drug-likeness (QED) is 0.641. The number of hydrogen-bond acceptors (Lipinski definition) is 3. The molecule has 0 radical (unpaired) electrons.